The summed E-state index contributed by atoms with van der Waals surface area (Å²) in [4.78, 5) is 4.63. The fourth-order valence-electron chi connectivity index (χ4n) is 3.83. The Bertz CT molecular complexity index is 1290. The maximum Gasteiger partial charge on any atom is 0.269 e. The van der Waals surface area contributed by atoms with Gasteiger partial charge in [-0.1, -0.05) is 34.8 Å². The number of methoxy groups -OCH3 is 1. The average molecular weight is 582 g/mol. The van der Waals surface area contributed by atoms with Crippen LogP contribution in [0.4, 0.5) is 0 Å². The van der Waals surface area contributed by atoms with Gasteiger partial charge in [0.2, 0.25) is 0 Å². The molecule has 0 aliphatic carbocycles. The molecule has 3 aromatic rings. The molecule has 1 fully saturated rings. The van der Waals surface area contributed by atoms with E-state index in [-0.39, 0.29) is 20.0 Å². The van der Waals surface area contributed by atoms with Crippen LogP contribution in [0.25, 0.3) is 10.9 Å². The second-order valence-electron chi connectivity index (χ2n) is 7.71. The van der Waals surface area contributed by atoms with Crippen LogP contribution < -0.4 is 4.74 Å². The number of aromatic nitrogens is 1. The van der Waals surface area contributed by atoms with Crippen LogP contribution in [0.15, 0.2) is 39.8 Å². The Labute approximate surface area is 210 Å². The van der Waals surface area contributed by atoms with Crippen LogP contribution in [0.1, 0.15) is 5.56 Å². The molecule has 1 aromatic heterocycles. The van der Waals surface area contributed by atoms with Gasteiger partial charge in [0.15, 0.2) is 0 Å². The third-order valence-electron chi connectivity index (χ3n) is 5.64. The molecule has 0 spiro atoms. The van der Waals surface area contributed by atoms with Crippen LogP contribution >= 0.6 is 50.7 Å². The van der Waals surface area contributed by atoms with Crippen LogP contribution in [0, 0.1) is 0 Å². The molecule has 1 saturated heterocycles. The van der Waals surface area contributed by atoms with Gasteiger partial charge in [0, 0.05) is 48.8 Å². The van der Waals surface area contributed by atoms with E-state index in [0.717, 1.165) is 31.7 Å². The topological polar surface area (TPSA) is 54.8 Å². The van der Waals surface area contributed by atoms with Gasteiger partial charge in [-0.3, -0.25) is 4.90 Å². The van der Waals surface area contributed by atoms with Crippen LogP contribution in [-0.4, -0.2) is 62.5 Å². The van der Waals surface area contributed by atoms with Gasteiger partial charge in [0.05, 0.1) is 27.7 Å². The van der Waals surface area contributed by atoms with E-state index in [9.17, 15) is 8.42 Å². The van der Waals surface area contributed by atoms with E-state index in [1.807, 2.05) is 0 Å². The Hall–Kier alpha value is -1.000. The molecule has 11 heteroatoms. The minimum atomic E-state index is -3.97. The number of nitrogens with zero attached hydrogens (tertiary/aromatic N) is 3. The molecular formula is C21H21BrCl3N3O3S. The quantitative estimate of drug-likeness (QED) is 0.380. The fraction of sp³-hybridized carbons (Fsp3) is 0.333. The number of benzene rings is 2. The second kappa shape index (κ2) is 9.33. The first-order chi connectivity index (χ1) is 15.1. The Balaban J connectivity index is 1.88. The molecule has 0 bridgehead atoms. The van der Waals surface area contributed by atoms with Crippen molar-refractivity contribution in [2.75, 3.05) is 40.3 Å². The zero-order chi connectivity index (χ0) is 23.2. The lowest BCUT2D eigenvalue weighted by Crippen LogP contribution is -2.43. The maximum absolute atomic E-state index is 13.7. The van der Waals surface area contributed by atoms with Crippen LogP contribution in [0.5, 0.6) is 5.75 Å². The largest absolute Gasteiger partial charge is 0.497 e. The van der Waals surface area contributed by atoms with Crippen molar-refractivity contribution in [2.24, 2.45) is 0 Å². The first kappa shape index (κ1) is 24.1. The van der Waals surface area contributed by atoms with Gasteiger partial charge < -0.3 is 9.64 Å². The predicted octanol–water partition coefficient (Wildman–Crippen LogP) is 5.36. The first-order valence-corrected chi connectivity index (χ1v) is 13.2. The van der Waals surface area contributed by atoms with Crippen molar-refractivity contribution in [2.45, 2.75) is 11.4 Å². The minimum Gasteiger partial charge on any atom is -0.497 e. The molecule has 0 amide bonds. The molecule has 1 aliphatic heterocycles. The fourth-order valence-corrected chi connectivity index (χ4v) is 6.94. The normalized spacial score (nSPS) is 16.1. The first-order valence-electron chi connectivity index (χ1n) is 9.81. The zero-order valence-electron chi connectivity index (χ0n) is 17.4. The number of piperazine rings is 1. The molecule has 0 atom stereocenters. The van der Waals surface area contributed by atoms with E-state index in [1.54, 1.807) is 24.4 Å². The van der Waals surface area contributed by atoms with Crippen molar-refractivity contribution in [1.82, 2.24) is 13.8 Å². The van der Waals surface area contributed by atoms with Crippen molar-refractivity contribution in [3.05, 3.63) is 55.6 Å². The van der Waals surface area contributed by atoms with Gasteiger partial charge in [-0.2, -0.15) is 0 Å². The van der Waals surface area contributed by atoms with E-state index in [2.05, 4.69) is 32.8 Å². The van der Waals surface area contributed by atoms with E-state index in [1.165, 1.54) is 17.1 Å². The van der Waals surface area contributed by atoms with Gasteiger partial charge in [-0.15, -0.1) is 0 Å². The summed E-state index contributed by atoms with van der Waals surface area (Å²) in [5.41, 5.74) is 1.16. The van der Waals surface area contributed by atoms with E-state index in [4.69, 9.17) is 39.5 Å². The molecule has 2 aromatic carbocycles. The molecule has 0 unspecified atom stereocenters. The molecule has 32 heavy (non-hydrogen) atoms. The number of hydrogen-bond donors (Lipinski definition) is 0. The molecule has 0 saturated carbocycles. The summed E-state index contributed by atoms with van der Waals surface area (Å²) in [6.45, 7) is 4.18. The summed E-state index contributed by atoms with van der Waals surface area (Å²) in [6, 6.07) is 6.27. The number of rotatable bonds is 5. The molecule has 4 rings (SSSR count). The van der Waals surface area contributed by atoms with Gasteiger partial charge in [0.1, 0.15) is 10.6 Å². The van der Waals surface area contributed by atoms with Gasteiger partial charge in [0.25, 0.3) is 10.0 Å². The smallest absolute Gasteiger partial charge is 0.269 e. The Morgan fingerprint density at radius 2 is 1.75 bits per heavy atom. The van der Waals surface area contributed by atoms with Crippen LogP contribution in [0.3, 0.4) is 0 Å². The van der Waals surface area contributed by atoms with Crippen molar-refractivity contribution >= 4 is 71.7 Å². The molecule has 6 nitrogen and oxygen atoms in total. The molecule has 0 N–H and O–H groups in total. The highest BCUT2D eigenvalue weighted by Gasteiger charge is 2.27. The number of halogens is 4. The lowest BCUT2D eigenvalue weighted by atomic mass is 10.1. The minimum absolute atomic E-state index is 0.101. The Morgan fingerprint density at radius 1 is 1.06 bits per heavy atom. The molecule has 1 aliphatic rings. The molecule has 172 valence electrons. The number of likely N-dealkylation sites (N-methyl/N-ethyl adjacent to an activating group) is 1. The second-order valence-corrected chi connectivity index (χ2v) is 11.5. The Morgan fingerprint density at radius 3 is 2.38 bits per heavy atom. The van der Waals surface area contributed by atoms with Gasteiger partial charge in [-0.05, 0) is 52.8 Å². The third-order valence-corrected chi connectivity index (χ3v) is 9.55. The highest BCUT2D eigenvalue weighted by Crippen LogP contribution is 2.41. The lowest BCUT2D eigenvalue weighted by molar-refractivity contribution is 0.148. The summed E-state index contributed by atoms with van der Waals surface area (Å²) in [5, 5.41) is 1.24. The summed E-state index contributed by atoms with van der Waals surface area (Å²) >= 11 is 22.5. The predicted molar refractivity (Wildman–Crippen MR) is 133 cm³/mol. The van der Waals surface area contributed by atoms with Crippen LogP contribution in [-0.2, 0) is 16.6 Å². The van der Waals surface area contributed by atoms with Crippen molar-refractivity contribution in [3.63, 3.8) is 0 Å². The summed E-state index contributed by atoms with van der Waals surface area (Å²) in [6.07, 6.45) is 1.62. The average Bonchev–Trinajstić information content (AvgIpc) is 3.12. The third kappa shape index (κ3) is 4.39. The van der Waals surface area contributed by atoms with Crippen molar-refractivity contribution < 1.29 is 13.2 Å². The Kier molecular flexibility index (Phi) is 7.04. The highest BCUT2D eigenvalue weighted by molar-refractivity contribution is 9.10. The number of ether oxygens (including phenoxy) is 1. The number of fused-ring (bicyclic) bond motifs is 1. The van der Waals surface area contributed by atoms with Crippen molar-refractivity contribution in [1.29, 1.82) is 0 Å². The van der Waals surface area contributed by atoms with Crippen LogP contribution in [0.2, 0.25) is 15.1 Å². The molecular weight excluding hydrogens is 561 g/mol. The lowest BCUT2D eigenvalue weighted by Gasteiger charge is -2.32. The summed E-state index contributed by atoms with van der Waals surface area (Å²) in [5.74, 6) is 0.543. The number of hydrogen-bond acceptors (Lipinski definition) is 5. The van der Waals surface area contributed by atoms with Gasteiger partial charge >= 0.3 is 0 Å². The maximum atomic E-state index is 13.7. The summed E-state index contributed by atoms with van der Waals surface area (Å²) < 4.78 is 34.2. The van der Waals surface area contributed by atoms with E-state index in [0.29, 0.717) is 27.7 Å². The van der Waals surface area contributed by atoms with E-state index < -0.39 is 10.0 Å². The summed E-state index contributed by atoms with van der Waals surface area (Å²) in [7, 11) is -0.363. The molecule has 2 heterocycles. The zero-order valence-corrected chi connectivity index (χ0v) is 22.1. The standard InChI is InChI=1S/C21H21BrCl3N3O3S/c1-26-5-7-27(8-6-26)11-13-12-28(17-10-16(23)20(24)21(25)19(13)17)32(29,30)18-4-3-14(31-2)9-15(18)22/h3-4,9-10,12H,5-8,11H2,1-2H3. The van der Waals surface area contributed by atoms with Crippen molar-refractivity contribution in [3.8, 4) is 5.75 Å². The monoisotopic (exact) mass is 579 g/mol. The highest BCUT2D eigenvalue weighted by atomic mass is 79.9. The molecule has 0 radical (unpaired) electrons. The SMILES string of the molecule is COc1ccc(S(=O)(=O)n2cc(CN3CCN(C)CC3)c3c(Cl)c(Cl)c(Cl)cc32)c(Br)c1. The van der Waals surface area contributed by atoms with E-state index >= 15 is 0 Å². The van der Waals surface area contributed by atoms with Gasteiger partial charge in [-0.25, -0.2) is 12.4 Å².